The zero-order valence-corrected chi connectivity index (χ0v) is 17.4. The lowest BCUT2D eigenvalue weighted by molar-refractivity contribution is -0.115. The maximum Gasteiger partial charge on any atom is 0.237 e. The minimum atomic E-state index is -0.447. The summed E-state index contributed by atoms with van der Waals surface area (Å²) < 4.78 is 10.5. The van der Waals surface area contributed by atoms with Crippen LogP contribution in [0.1, 0.15) is 37.9 Å². The van der Waals surface area contributed by atoms with Crippen LogP contribution < -0.4 is 14.8 Å². The van der Waals surface area contributed by atoms with Crippen LogP contribution >= 0.6 is 11.8 Å². The summed E-state index contributed by atoms with van der Waals surface area (Å²) in [6.07, 6.45) is 2.97. The minimum absolute atomic E-state index is 0.207. The number of methoxy groups -OCH3 is 2. The van der Waals surface area contributed by atoms with Gasteiger partial charge in [0.25, 0.3) is 0 Å². The van der Waals surface area contributed by atoms with Crippen molar-refractivity contribution in [3.05, 3.63) is 41.6 Å². The van der Waals surface area contributed by atoms with E-state index < -0.39 is 5.25 Å². The monoisotopic (exact) mass is 399 g/mol. The molecular weight excluding hydrogens is 374 g/mol. The summed E-state index contributed by atoms with van der Waals surface area (Å²) >= 11 is 1.28. The van der Waals surface area contributed by atoms with Crippen molar-refractivity contribution in [3.8, 4) is 17.6 Å². The highest BCUT2D eigenvalue weighted by Crippen LogP contribution is 2.31. The van der Waals surface area contributed by atoms with Gasteiger partial charge >= 0.3 is 0 Å². The number of rotatable bonds is 9. The standard InChI is InChI=1S/C21H25N3O3S/c1-5-6-7-16-9-8-15(13-22)21(23-16)28-14(2)20(25)24-18-12-17(26-3)10-11-19(18)27-4/h8-12,14H,5-7H2,1-4H3,(H,24,25). The van der Waals surface area contributed by atoms with Crippen molar-refractivity contribution < 1.29 is 14.3 Å². The SMILES string of the molecule is CCCCc1ccc(C#N)c(SC(C)C(=O)Nc2cc(OC)ccc2OC)n1. The largest absolute Gasteiger partial charge is 0.497 e. The van der Waals surface area contributed by atoms with E-state index in [9.17, 15) is 10.1 Å². The molecule has 0 radical (unpaired) electrons. The topological polar surface area (TPSA) is 84.2 Å². The number of carbonyl (C=O) groups is 1. The number of benzene rings is 1. The van der Waals surface area contributed by atoms with Gasteiger partial charge in [-0.3, -0.25) is 4.79 Å². The van der Waals surface area contributed by atoms with Gasteiger partial charge in [0.05, 0.1) is 30.7 Å². The molecule has 1 atom stereocenters. The number of nitriles is 1. The number of hydrogen-bond donors (Lipinski definition) is 1. The van der Waals surface area contributed by atoms with E-state index in [0.29, 0.717) is 27.8 Å². The van der Waals surface area contributed by atoms with Crippen LogP contribution in [0.25, 0.3) is 0 Å². The van der Waals surface area contributed by atoms with E-state index in [1.807, 2.05) is 6.07 Å². The maximum atomic E-state index is 12.7. The first kappa shape index (κ1) is 21.6. The van der Waals surface area contributed by atoms with Crippen LogP contribution in [0.3, 0.4) is 0 Å². The molecule has 1 aromatic heterocycles. The van der Waals surface area contributed by atoms with Crippen molar-refractivity contribution in [2.24, 2.45) is 0 Å². The fourth-order valence-corrected chi connectivity index (χ4v) is 3.43. The van der Waals surface area contributed by atoms with Crippen LogP contribution in [0.2, 0.25) is 0 Å². The number of unbranched alkanes of at least 4 members (excludes halogenated alkanes) is 1. The molecule has 148 valence electrons. The Balaban J connectivity index is 2.15. The predicted octanol–water partition coefficient (Wildman–Crippen LogP) is 4.43. The van der Waals surface area contributed by atoms with Gasteiger partial charge in [0.2, 0.25) is 5.91 Å². The van der Waals surface area contributed by atoms with Crippen molar-refractivity contribution in [1.82, 2.24) is 4.98 Å². The lowest BCUT2D eigenvalue weighted by Gasteiger charge is -2.15. The third kappa shape index (κ3) is 5.64. The maximum absolute atomic E-state index is 12.7. The zero-order chi connectivity index (χ0) is 20.5. The zero-order valence-electron chi connectivity index (χ0n) is 16.6. The molecule has 6 nitrogen and oxygen atoms in total. The van der Waals surface area contributed by atoms with Gasteiger partial charge in [-0.05, 0) is 44.0 Å². The number of amides is 1. The Morgan fingerprint density at radius 3 is 2.71 bits per heavy atom. The fourth-order valence-electron chi connectivity index (χ4n) is 2.52. The molecule has 0 spiro atoms. The summed E-state index contributed by atoms with van der Waals surface area (Å²) in [5, 5.41) is 12.4. The molecule has 0 saturated carbocycles. The van der Waals surface area contributed by atoms with Crippen LogP contribution in [-0.4, -0.2) is 30.4 Å². The van der Waals surface area contributed by atoms with Crippen LogP contribution in [0.5, 0.6) is 11.5 Å². The highest BCUT2D eigenvalue weighted by atomic mass is 32.2. The number of anilines is 1. The van der Waals surface area contributed by atoms with Crippen molar-refractivity contribution >= 4 is 23.4 Å². The van der Waals surface area contributed by atoms with Gasteiger partial charge in [0, 0.05) is 11.8 Å². The molecule has 0 bridgehead atoms. The number of aromatic nitrogens is 1. The van der Waals surface area contributed by atoms with E-state index in [-0.39, 0.29) is 5.91 Å². The normalized spacial score (nSPS) is 11.4. The highest BCUT2D eigenvalue weighted by molar-refractivity contribution is 8.00. The van der Waals surface area contributed by atoms with Crippen LogP contribution in [0, 0.1) is 11.3 Å². The molecule has 1 unspecified atom stereocenters. The van der Waals surface area contributed by atoms with Crippen LogP contribution in [0.4, 0.5) is 5.69 Å². The highest BCUT2D eigenvalue weighted by Gasteiger charge is 2.19. The number of nitrogens with zero attached hydrogens (tertiary/aromatic N) is 2. The first-order valence-electron chi connectivity index (χ1n) is 9.11. The molecular formula is C21H25N3O3S. The summed E-state index contributed by atoms with van der Waals surface area (Å²) in [6.45, 7) is 3.91. The Morgan fingerprint density at radius 1 is 1.29 bits per heavy atom. The van der Waals surface area contributed by atoms with Gasteiger partial charge in [-0.1, -0.05) is 25.1 Å². The van der Waals surface area contributed by atoms with E-state index in [1.165, 1.54) is 11.8 Å². The molecule has 0 saturated heterocycles. The Kier molecular flexibility index (Phi) is 8.15. The van der Waals surface area contributed by atoms with E-state index in [1.54, 1.807) is 45.4 Å². The molecule has 1 N–H and O–H groups in total. The average molecular weight is 400 g/mol. The molecule has 0 aliphatic rings. The average Bonchev–Trinajstić information content (AvgIpc) is 2.72. The van der Waals surface area contributed by atoms with Gasteiger partial charge < -0.3 is 14.8 Å². The number of pyridine rings is 1. The van der Waals surface area contributed by atoms with Crippen LogP contribution in [0.15, 0.2) is 35.4 Å². The second kappa shape index (κ2) is 10.6. The Hall–Kier alpha value is -2.72. The third-order valence-corrected chi connectivity index (χ3v) is 5.25. The Morgan fingerprint density at radius 2 is 2.07 bits per heavy atom. The van der Waals surface area contributed by atoms with Gasteiger partial charge in [0.15, 0.2) is 0 Å². The molecule has 28 heavy (non-hydrogen) atoms. The number of carbonyl (C=O) groups excluding carboxylic acids is 1. The number of ether oxygens (including phenoxy) is 2. The number of aryl methyl sites for hydroxylation is 1. The Labute approximate surface area is 170 Å². The first-order valence-corrected chi connectivity index (χ1v) is 9.99. The molecule has 1 heterocycles. The van der Waals surface area contributed by atoms with E-state index in [2.05, 4.69) is 23.3 Å². The first-order chi connectivity index (χ1) is 13.5. The van der Waals surface area contributed by atoms with Crippen molar-refractivity contribution in [2.45, 2.75) is 43.4 Å². The summed E-state index contributed by atoms with van der Waals surface area (Å²) in [7, 11) is 3.10. The molecule has 2 aromatic rings. The van der Waals surface area contributed by atoms with E-state index in [0.717, 1.165) is 25.0 Å². The van der Waals surface area contributed by atoms with Crippen molar-refractivity contribution in [2.75, 3.05) is 19.5 Å². The predicted molar refractivity (Wildman–Crippen MR) is 111 cm³/mol. The number of thioether (sulfide) groups is 1. The smallest absolute Gasteiger partial charge is 0.237 e. The summed E-state index contributed by atoms with van der Waals surface area (Å²) in [6, 6.07) is 11.0. The summed E-state index contributed by atoms with van der Waals surface area (Å²) in [5.41, 5.74) is 1.94. The molecule has 2 rings (SSSR count). The van der Waals surface area contributed by atoms with Crippen molar-refractivity contribution in [3.63, 3.8) is 0 Å². The molecule has 7 heteroatoms. The van der Waals surface area contributed by atoms with Gasteiger partial charge in [0.1, 0.15) is 22.6 Å². The minimum Gasteiger partial charge on any atom is -0.497 e. The third-order valence-electron chi connectivity index (χ3n) is 4.15. The lowest BCUT2D eigenvalue weighted by atomic mass is 10.2. The van der Waals surface area contributed by atoms with E-state index >= 15 is 0 Å². The second-order valence-corrected chi connectivity index (χ2v) is 7.52. The number of nitrogens with one attached hydrogen (secondary N) is 1. The fraction of sp³-hybridized carbons (Fsp3) is 0.381. The molecule has 0 aliphatic carbocycles. The molecule has 0 aliphatic heterocycles. The van der Waals surface area contributed by atoms with Crippen LogP contribution in [-0.2, 0) is 11.2 Å². The van der Waals surface area contributed by atoms with Crippen molar-refractivity contribution in [1.29, 1.82) is 5.26 Å². The molecule has 0 fully saturated rings. The number of hydrogen-bond acceptors (Lipinski definition) is 6. The summed E-state index contributed by atoms with van der Waals surface area (Å²) in [5.74, 6) is 0.957. The summed E-state index contributed by atoms with van der Waals surface area (Å²) in [4.78, 5) is 17.3. The van der Waals surface area contributed by atoms with E-state index in [4.69, 9.17) is 9.47 Å². The Bertz CT molecular complexity index is 864. The quantitative estimate of drug-likeness (QED) is 0.628. The second-order valence-electron chi connectivity index (χ2n) is 6.19. The van der Waals surface area contributed by atoms with Gasteiger partial charge in [-0.25, -0.2) is 4.98 Å². The molecule has 1 aromatic carbocycles. The molecule has 1 amide bonds. The lowest BCUT2D eigenvalue weighted by Crippen LogP contribution is -2.23. The van der Waals surface area contributed by atoms with Gasteiger partial charge in [-0.2, -0.15) is 5.26 Å². The van der Waals surface area contributed by atoms with Gasteiger partial charge in [-0.15, -0.1) is 0 Å².